The van der Waals surface area contributed by atoms with Crippen molar-refractivity contribution in [3.63, 3.8) is 0 Å². The highest BCUT2D eigenvalue weighted by Gasteiger charge is 2.10. The van der Waals surface area contributed by atoms with Gasteiger partial charge in [0.2, 0.25) is 5.95 Å². The van der Waals surface area contributed by atoms with Crippen molar-refractivity contribution >= 4 is 47.9 Å². The van der Waals surface area contributed by atoms with Crippen LogP contribution in [0.4, 0.5) is 11.8 Å². The summed E-state index contributed by atoms with van der Waals surface area (Å²) >= 11 is 7.61. The van der Waals surface area contributed by atoms with Gasteiger partial charge in [0, 0.05) is 24.7 Å². The topological polar surface area (TPSA) is 91.8 Å². The molecular weight excluding hydrogens is 394 g/mol. The van der Waals surface area contributed by atoms with Crippen molar-refractivity contribution in [3.05, 3.63) is 70.8 Å². The molecule has 0 aromatic carbocycles. The average molecular weight is 414 g/mol. The second kappa shape index (κ2) is 10.6. The zero-order valence-electron chi connectivity index (χ0n) is 15.0. The number of hydrogen-bond donors (Lipinski definition) is 2. The van der Waals surface area contributed by atoms with E-state index in [1.54, 1.807) is 0 Å². The van der Waals surface area contributed by atoms with Crippen molar-refractivity contribution in [2.45, 2.75) is 12.5 Å². The van der Waals surface area contributed by atoms with E-state index in [0.29, 0.717) is 23.3 Å². The van der Waals surface area contributed by atoms with E-state index >= 15 is 0 Å². The Morgan fingerprint density at radius 3 is 2.89 bits per heavy atom. The summed E-state index contributed by atoms with van der Waals surface area (Å²) in [5, 5.41) is 6.74. The Labute approximate surface area is 173 Å². The summed E-state index contributed by atoms with van der Waals surface area (Å²) in [5.41, 5.74) is 1.12. The van der Waals surface area contributed by atoms with Gasteiger partial charge in [0.1, 0.15) is 11.4 Å². The molecule has 0 amide bonds. The molecule has 2 heterocycles. The van der Waals surface area contributed by atoms with Gasteiger partial charge in [-0.15, -0.1) is 0 Å². The fraction of sp³-hybridized carbons (Fsp3) is 0.158. The molecular formula is C19H20ClN7S. The van der Waals surface area contributed by atoms with Crippen molar-refractivity contribution in [1.29, 1.82) is 0 Å². The number of nitrogens with zero attached hydrogens (tertiary/aromatic N) is 5. The van der Waals surface area contributed by atoms with Crippen molar-refractivity contribution in [2.75, 3.05) is 16.9 Å². The van der Waals surface area contributed by atoms with Crippen LogP contribution in [0.1, 0.15) is 6.42 Å². The van der Waals surface area contributed by atoms with E-state index in [1.165, 1.54) is 29.5 Å². The monoisotopic (exact) mass is 413 g/mol. The Balaban J connectivity index is 1.60. The molecule has 2 aliphatic rings. The van der Waals surface area contributed by atoms with E-state index in [4.69, 9.17) is 17.4 Å². The number of aromatic nitrogens is 2. The van der Waals surface area contributed by atoms with Crippen LogP contribution in [-0.2, 0) is 0 Å². The minimum Gasteiger partial charge on any atom is -0.354 e. The lowest BCUT2D eigenvalue weighted by atomic mass is 10.2. The fourth-order valence-electron chi connectivity index (χ4n) is 2.32. The first-order chi connectivity index (χ1) is 13.7. The summed E-state index contributed by atoms with van der Waals surface area (Å²) in [6.07, 6.45) is 21.3. The van der Waals surface area contributed by atoms with Gasteiger partial charge in [-0.2, -0.15) is 4.98 Å². The van der Waals surface area contributed by atoms with Crippen LogP contribution in [0.2, 0.25) is 5.02 Å². The van der Waals surface area contributed by atoms with Crippen LogP contribution < -0.4 is 16.2 Å². The molecule has 144 valence electrons. The molecule has 1 aliphatic carbocycles. The largest absolute Gasteiger partial charge is 0.354 e. The molecule has 1 aliphatic heterocycles. The molecule has 0 saturated heterocycles. The lowest BCUT2D eigenvalue weighted by Gasteiger charge is -2.15. The molecule has 0 bridgehead atoms. The summed E-state index contributed by atoms with van der Waals surface area (Å²) in [4.78, 5) is 13.0. The van der Waals surface area contributed by atoms with Crippen LogP contribution in [0.25, 0.3) is 0 Å². The second-order valence-corrected chi connectivity index (χ2v) is 6.87. The van der Waals surface area contributed by atoms with Crippen LogP contribution in [0, 0.1) is 0 Å². The molecule has 3 N–H and O–H groups in total. The van der Waals surface area contributed by atoms with Gasteiger partial charge in [-0.3, -0.25) is 10.0 Å². The van der Waals surface area contributed by atoms with Gasteiger partial charge in [-0.1, -0.05) is 60.2 Å². The van der Waals surface area contributed by atoms with Gasteiger partial charge >= 0.3 is 0 Å². The normalized spacial score (nSPS) is 16.3. The number of allylic oxidation sites excluding steroid dienone is 6. The first-order valence-electron chi connectivity index (χ1n) is 8.62. The maximum atomic E-state index is 6.20. The highest BCUT2D eigenvalue weighted by Crippen LogP contribution is 2.21. The van der Waals surface area contributed by atoms with E-state index in [2.05, 4.69) is 24.7 Å². The first-order valence-corrected chi connectivity index (χ1v) is 9.84. The summed E-state index contributed by atoms with van der Waals surface area (Å²) in [6.45, 7) is 0.654. The summed E-state index contributed by atoms with van der Waals surface area (Å²) in [6, 6.07) is -0.0963. The van der Waals surface area contributed by atoms with E-state index in [-0.39, 0.29) is 6.04 Å². The number of anilines is 2. The van der Waals surface area contributed by atoms with Crippen molar-refractivity contribution in [3.8, 4) is 0 Å². The summed E-state index contributed by atoms with van der Waals surface area (Å²) < 4.78 is 4.20. The maximum absolute atomic E-state index is 6.20. The molecule has 0 spiro atoms. The number of nitrogens with two attached hydrogens (primary N) is 1. The second-order valence-electron chi connectivity index (χ2n) is 5.77. The molecule has 0 saturated carbocycles. The van der Waals surface area contributed by atoms with Crippen LogP contribution in [0.15, 0.2) is 75.2 Å². The van der Waals surface area contributed by atoms with Crippen LogP contribution >= 0.6 is 23.5 Å². The predicted molar refractivity (Wildman–Crippen MR) is 120 cm³/mol. The SMILES string of the molecule is NN(C=NC1C=CC=CC=C1)c1nc(NCCC2=CC=CSN=C2)ncc1Cl. The Morgan fingerprint density at radius 2 is 2.07 bits per heavy atom. The van der Waals surface area contributed by atoms with Gasteiger partial charge in [-0.05, 0) is 17.4 Å². The van der Waals surface area contributed by atoms with Gasteiger partial charge < -0.3 is 5.32 Å². The highest BCUT2D eigenvalue weighted by atomic mass is 35.5. The van der Waals surface area contributed by atoms with E-state index < -0.39 is 0 Å². The van der Waals surface area contributed by atoms with Crippen LogP contribution in [0.3, 0.4) is 0 Å². The minimum atomic E-state index is -0.0963. The van der Waals surface area contributed by atoms with E-state index in [1.807, 2.05) is 60.2 Å². The molecule has 1 aromatic heterocycles. The summed E-state index contributed by atoms with van der Waals surface area (Å²) in [5.74, 6) is 6.88. The van der Waals surface area contributed by atoms with Crippen molar-refractivity contribution in [2.24, 2.45) is 15.2 Å². The first kappa shape index (κ1) is 20.1. The quantitative estimate of drug-likeness (QED) is 0.232. The van der Waals surface area contributed by atoms with E-state index in [9.17, 15) is 0 Å². The van der Waals surface area contributed by atoms with Crippen molar-refractivity contribution in [1.82, 2.24) is 9.97 Å². The lowest BCUT2D eigenvalue weighted by Crippen LogP contribution is -2.31. The molecule has 0 fully saturated rings. The third-order valence-electron chi connectivity index (χ3n) is 3.71. The van der Waals surface area contributed by atoms with Gasteiger partial charge in [0.15, 0.2) is 5.82 Å². The lowest BCUT2D eigenvalue weighted by molar-refractivity contribution is 0.976. The smallest absolute Gasteiger partial charge is 0.224 e. The molecule has 3 rings (SSSR count). The fourth-order valence-corrected chi connectivity index (χ4v) is 2.92. The van der Waals surface area contributed by atoms with Crippen LogP contribution in [0.5, 0.6) is 0 Å². The average Bonchev–Trinajstić information content (AvgIpc) is 3.12. The van der Waals surface area contributed by atoms with Gasteiger partial charge in [-0.25, -0.2) is 15.2 Å². The number of hydrazine groups is 1. The summed E-state index contributed by atoms with van der Waals surface area (Å²) in [7, 11) is 0. The van der Waals surface area contributed by atoms with Gasteiger partial charge in [0.05, 0.1) is 12.2 Å². The number of nitrogens with one attached hydrogen (secondary N) is 1. The third-order valence-corrected chi connectivity index (χ3v) is 4.48. The van der Waals surface area contributed by atoms with Crippen molar-refractivity contribution < 1.29 is 0 Å². The Morgan fingerprint density at radius 1 is 1.25 bits per heavy atom. The number of halogens is 1. The zero-order valence-corrected chi connectivity index (χ0v) is 16.6. The Kier molecular flexibility index (Phi) is 7.60. The molecule has 9 heteroatoms. The predicted octanol–water partition coefficient (Wildman–Crippen LogP) is 3.86. The minimum absolute atomic E-state index is 0.0963. The number of aliphatic imine (C=N–C) groups is 1. The standard InChI is InChI=1S/C19H20ClN7S/c20-17-13-23-19(22-10-9-15-6-5-11-28-25-12-15)26-18(17)27(21)14-24-16-7-3-1-2-4-8-16/h1-8,11-14,16H,9-10,21H2,(H,22,23,26). The maximum Gasteiger partial charge on any atom is 0.224 e. The molecule has 7 nitrogen and oxygen atoms in total. The molecule has 1 aromatic rings. The van der Waals surface area contributed by atoms with Gasteiger partial charge in [0.25, 0.3) is 0 Å². The third kappa shape index (κ3) is 6.19. The molecule has 0 radical (unpaired) electrons. The molecule has 0 unspecified atom stereocenters. The Bertz CT molecular complexity index is 870. The molecule has 28 heavy (non-hydrogen) atoms. The number of hydrogen-bond acceptors (Lipinski definition) is 7. The number of rotatable bonds is 7. The Hall–Kier alpha value is -2.68. The van der Waals surface area contributed by atoms with Crippen LogP contribution in [-0.4, -0.2) is 35.1 Å². The zero-order chi connectivity index (χ0) is 19.6. The molecule has 0 atom stereocenters. The van der Waals surface area contributed by atoms with E-state index in [0.717, 1.165) is 12.0 Å². The highest BCUT2D eigenvalue weighted by molar-refractivity contribution is 8.01.